The second-order valence-corrected chi connectivity index (χ2v) is 5.51. The van der Waals surface area contributed by atoms with E-state index in [2.05, 4.69) is 5.32 Å². The summed E-state index contributed by atoms with van der Waals surface area (Å²) in [5.74, 6) is -0.240. The molecule has 0 spiro atoms. The molecule has 2 aliphatic heterocycles. The number of halogens is 1. The zero-order valence-electron chi connectivity index (χ0n) is 10.0. The van der Waals surface area contributed by atoms with Crippen molar-refractivity contribution in [2.75, 3.05) is 0 Å². The Labute approximate surface area is 101 Å². The van der Waals surface area contributed by atoms with Crippen LogP contribution in [0.1, 0.15) is 36.8 Å². The van der Waals surface area contributed by atoms with Gasteiger partial charge in [-0.2, -0.15) is 0 Å². The fourth-order valence-electron chi connectivity index (χ4n) is 3.35. The first kappa shape index (κ1) is 11.2. The maximum atomic E-state index is 14.1. The Hall–Kier alpha value is -0.930. The molecule has 0 aliphatic carbocycles. The Morgan fingerprint density at radius 1 is 1.29 bits per heavy atom. The van der Waals surface area contributed by atoms with Crippen molar-refractivity contribution in [1.29, 1.82) is 0 Å². The van der Waals surface area contributed by atoms with E-state index in [4.69, 9.17) is 0 Å². The third-order valence-corrected chi connectivity index (χ3v) is 4.20. The van der Waals surface area contributed by atoms with Gasteiger partial charge in [0.15, 0.2) is 0 Å². The molecule has 0 aromatic heterocycles. The molecule has 2 atom stereocenters. The second kappa shape index (κ2) is 3.79. The largest absolute Gasteiger partial charge is 0.385 e. The summed E-state index contributed by atoms with van der Waals surface area (Å²) in [5.41, 5.74) is 0.116. The number of piperidine rings is 1. The minimum Gasteiger partial charge on any atom is -0.385 e. The van der Waals surface area contributed by atoms with E-state index in [9.17, 15) is 9.50 Å². The first-order valence-corrected chi connectivity index (χ1v) is 6.32. The van der Waals surface area contributed by atoms with Crippen LogP contribution in [-0.4, -0.2) is 17.2 Å². The molecule has 2 unspecified atom stereocenters. The molecule has 3 heteroatoms. The van der Waals surface area contributed by atoms with Crippen LogP contribution in [0.25, 0.3) is 0 Å². The van der Waals surface area contributed by atoms with Crippen molar-refractivity contribution in [2.24, 2.45) is 0 Å². The number of hydrogen-bond acceptors (Lipinski definition) is 2. The summed E-state index contributed by atoms with van der Waals surface area (Å²) < 4.78 is 14.1. The van der Waals surface area contributed by atoms with Crippen molar-refractivity contribution >= 4 is 0 Å². The summed E-state index contributed by atoms with van der Waals surface area (Å²) in [6.07, 6.45) is 3.45. The smallest absolute Gasteiger partial charge is 0.132 e. The molecule has 92 valence electrons. The standard InChI is InChI=1S/C14H18FNO/c1-9-3-2-4-12(13(9)15)14(17)7-10-5-6-11(8-14)16-10/h2-4,10-11,16-17H,5-8H2,1H3. The molecule has 2 aliphatic rings. The van der Waals surface area contributed by atoms with E-state index in [0.717, 1.165) is 12.8 Å². The third-order valence-electron chi connectivity index (χ3n) is 4.20. The molecule has 0 radical (unpaired) electrons. The maximum absolute atomic E-state index is 14.1. The third kappa shape index (κ3) is 1.78. The zero-order valence-corrected chi connectivity index (χ0v) is 10.0. The van der Waals surface area contributed by atoms with Gasteiger partial charge < -0.3 is 10.4 Å². The SMILES string of the molecule is Cc1cccc(C2(O)CC3CCC(C2)N3)c1F. The highest BCUT2D eigenvalue weighted by molar-refractivity contribution is 5.31. The van der Waals surface area contributed by atoms with Crippen LogP contribution in [0.15, 0.2) is 18.2 Å². The highest BCUT2D eigenvalue weighted by Gasteiger charge is 2.44. The summed E-state index contributed by atoms with van der Waals surface area (Å²) in [7, 11) is 0. The fourth-order valence-corrected chi connectivity index (χ4v) is 3.35. The quantitative estimate of drug-likeness (QED) is 0.782. The lowest BCUT2D eigenvalue weighted by atomic mass is 9.81. The topological polar surface area (TPSA) is 32.3 Å². The average molecular weight is 235 g/mol. The molecule has 2 N–H and O–H groups in total. The molecule has 1 aromatic carbocycles. The molecular formula is C14H18FNO. The van der Waals surface area contributed by atoms with Gasteiger partial charge in [0.2, 0.25) is 0 Å². The molecule has 2 heterocycles. The number of aryl methyl sites for hydroxylation is 1. The lowest BCUT2D eigenvalue weighted by Gasteiger charge is -2.37. The summed E-state index contributed by atoms with van der Waals surface area (Å²) >= 11 is 0. The van der Waals surface area contributed by atoms with Crippen molar-refractivity contribution in [1.82, 2.24) is 5.32 Å². The Morgan fingerprint density at radius 3 is 2.59 bits per heavy atom. The number of fused-ring (bicyclic) bond motifs is 2. The average Bonchev–Trinajstić information content (AvgIpc) is 2.62. The van der Waals surface area contributed by atoms with E-state index in [1.807, 2.05) is 6.07 Å². The van der Waals surface area contributed by atoms with Crippen LogP contribution in [0.5, 0.6) is 0 Å². The monoisotopic (exact) mass is 235 g/mol. The van der Waals surface area contributed by atoms with Crippen LogP contribution < -0.4 is 5.32 Å². The highest BCUT2D eigenvalue weighted by atomic mass is 19.1. The Morgan fingerprint density at radius 2 is 1.94 bits per heavy atom. The van der Waals surface area contributed by atoms with Gasteiger partial charge in [0, 0.05) is 17.6 Å². The van der Waals surface area contributed by atoms with Crippen molar-refractivity contribution < 1.29 is 9.50 Å². The van der Waals surface area contributed by atoms with Gasteiger partial charge in [-0.15, -0.1) is 0 Å². The van der Waals surface area contributed by atoms with Gasteiger partial charge in [-0.25, -0.2) is 4.39 Å². The van der Waals surface area contributed by atoms with E-state index in [1.165, 1.54) is 0 Å². The summed E-state index contributed by atoms with van der Waals surface area (Å²) in [5, 5.41) is 14.2. The van der Waals surface area contributed by atoms with E-state index >= 15 is 0 Å². The summed E-state index contributed by atoms with van der Waals surface area (Å²) in [6, 6.07) is 6.00. The van der Waals surface area contributed by atoms with E-state index in [1.54, 1.807) is 19.1 Å². The molecule has 2 nitrogen and oxygen atoms in total. The molecule has 17 heavy (non-hydrogen) atoms. The molecule has 0 saturated carbocycles. The first-order chi connectivity index (χ1) is 8.08. The number of rotatable bonds is 1. The summed E-state index contributed by atoms with van der Waals surface area (Å²) in [4.78, 5) is 0. The van der Waals surface area contributed by atoms with Crippen LogP contribution >= 0.6 is 0 Å². The number of hydrogen-bond donors (Lipinski definition) is 2. The number of nitrogens with one attached hydrogen (secondary N) is 1. The van der Waals surface area contributed by atoms with Gasteiger partial charge in [-0.1, -0.05) is 18.2 Å². The van der Waals surface area contributed by atoms with Crippen LogP contribution in [0.3, 0.4) is 0 Å². The predicted octanol–water partition coefficient (Wildman–Crippen LogP) is 2.24. The molecular weight excluding hydrogens is 217 g/mol. The Bertz CT molecular complexity index is 434. The van der Waals surface area contributed by atoms with Crippen LogP contribution in [0.2, 0.25) is 0 Å². The Balaban J connectivity index is 2.00. The van der Waals surface area contributed by atoms with Crippen LogP contribution in [-0.2, 0) is 5.60 Å². The molecule has 3 rings (SSSR count). The van der Waals surface area contributed by atoms with Crippen molar-refractivity contribution in [3.05, 3.63) is 35.1 Å². The highest BCUT2D eigenvalue weighted by Crippen LogP contribution is 2.41. The minimum absolute atomic E-state index is 0.240. The lowest BCUT2D eigenvalue weighted by Crippen LogP contribution is -2.47. The van der Waals surface area contributed by atoms with E-state index < -0.39 is 5.60 Å². The Kier molecular flexibility index (Phi) is 2.49. The number of benzene rings is 1. The van der Waals surface area contributed by atoms with Crippen molar-refractivity contribution in [3.8, 4) is 0 Å². The van der Waals surface area contributed by atoms with E-state index in [-0.39, 0.29) is 5.82 Å². The molecule has 1 aromatic rings. The zero-order chi connectivity index (χ0) is 12.0. The molecule has 2 saturated heterocycles. The van der Waals surface area contributed by atoms with Gasteiger partial charge in [-0.3, -0.25) is 0 Å². The molecule has 2 fully saturated rings. The van der Waals surface area contributed by atoms with Crippen LogP contribution in [0, 0.1) is 12.7 Å². The van der Waals surface area contributed by atoms with Gasteiger partial charge in [0.25, 0.3) is 0 Å². The van der Waals surface area contributed by atoms with Gasteiger partial charge >= 0.3 is 0 Å². The normalized spacial score (nSPS) is 36.2. The van der Waals surface area contributed by atoms with Crippen molar-refractivity contribution in [3.63, 3.8) is 0 Å². The lowest BCUT2D eigenvalue weighted by molar-refractivity contribution is -0.0144. The van der Waals surface area contributed by atoms with Crippen molar-refractivity contribution in [2.45, 2.75) is 50.3 Å². The van der Waals surface area contributed by atoms with E-state index in [0.29, 0.717) is 36.1 Å². The van der Waals surface area contributed by atoms with Gasteiger partial charge in [-0.05, 0) is 38.2 Å². The predicted molar refractivity (Wildman–Crippen MR) is 64.2 cm³/mol. The second-order valence-electron chi connectivity index (χ2n) is 5.51. The minimum atomic E-state index is -0.979. The molecule has 0 amide bonds. The number of aliphatic hydroxyl groups is 1. The molecule has 2 bridgehead atoms. The fraction of sp³-hybridized carbons (Fsp3) is 0.571. The van der Waals surface area contributed by atoms with Gasteiger partial charge in [0.05, 0.1) is 5.60 Å². The van der Waals surface area contributed by atoms with Gasteiger partial charge in [0.1, 0.15) is 5.82 Å². The van der Waals surface area contributed by atoms with Crippen LogP contribution in [0.4, 0.5) is 4.39 Å². The summed E-state index contributed by atoms with van der Waals surface area (Å²) in [6.45, 7) is 1.75. The first-order valence-electron chi connectivity index (χ1n) is 6.32. The maximum Gasteiger partial charge on any atom is 0.132 e.